The third kappa shape index (κ3) is 2.96. The summed E-state index contributed by atoms with van der Waals surface area (Å²) >= 11 is 4.36. The van der Waals surface area contributed by atoms with Crippen molar-refractivity contribution in [2.75, 3.05) is 6.26 Å². The second-order valence-electron chi connectivity index (χ2n) is 2.26. The molecule has 0 unspecified atom stereocenters. The molecule has 0 amide bonds. The summed E-state index contributed by atoms with van der Waals surface area (Å²) in [4.78, 5) is 5.27. The van der Waals surface area contributed by atoms with E-state index in [-0.39, 0.29) is 0 Å². The van der Waals surface area contributed by atoms with Crippen LogP contribution in [-0.4, -0.2) is 26.5 Å². The van der Waals surface area contributed by atoms with Crippen molar-refractivity contribution >= 4 is 32.1 Å². The topological polar surface area (TPSA) is 12.4 Å². The van der Waals surface area contributed by atoms with Gasteiger partial charge in [-0.1, -0.05) is 0 Å². The molecule has 0 N–H and O–H groups in total. The van der Waals surface area contributed by atoms with E-state index in [1.165, 1.54) is 10.5 Å². The quantitative estimate of drug-likeness (QED) is 0.448. The van der Waals surface area contributed by atoms with Gasteiger partial charge in [0, 0.05) is 0 Å². The van der Waals surface area contributed by atoms with E-state index in [9.17, 15) is 0 Å². The molecule has 12 heavy (non-hydrogen) atoms. The number of rotatable bonds is 3. The molecule has 1 rings (SSSR count). The van der Waals surface area contributed by atoms with Crippen LogP contribution in [0.15, 0.2) is 34.2 Å². The average Bonchev–Trinajstić information content (AvgIpc) is 2.15. The molecule has 0 saturated carbocycles. The fourth-order valence-electron chi connectivity index (χ4n) is 0.855. The maximum absolute atomic E-state index is 3.99. The first-order chi connectivity index (χ1) is 5.86. The van der Waals surface area contributed by atoms with E-state index < -0.39 is 0 Å². The molecule has 0 spiro atoms. The first-order valence-electron chi connectivity index (χ1n) is 3.53. The van der Waals surface area contributed by atoms with E-state index in [0.29, 0.717) is 6.54 Å². The third-order valence-electron chi connectivity index (χ3n) is 1.49. The summed E-state index contributed by atoms with van der Waals surface area (Å²) in [5, 5.41) is 0. The SMILES string of the molecule is CSc1ccc(CN=C=[Se])cc1. The zero-order chi connectivity index (χ0) is 8.81. The summed E-state index contributed by atoms with van der Waals surface area (Å²) in [5.74, 6) is 0. The van der Waals surface area contributed by atoms with Gasteiger partial charge in [0.1, 0.15) is 0 Å². The van der Waals surface area contributed by atoms with Crippen molar-refractivity contribution in [2.45, 2.75) is 11.4 Å². The van der Waals surface area contributed by atoms with Gasteiger partial charge in [0.05, 0.1) is 0 Å². The van der Waals surface area contributed by atoms with Crippen LogP contribution in [0.1, 0.15) is 5.56 Å². The molecule has 0 aliphatic heterocycles. The van der Waals surface area contributed by atoms with E-state index in [2.05, 4.69) is 55.8 Å². The fraction of sp³-hybridized carbons (Fsp3) is 0.222. The fourth-order valence-corrected chi connectivity index (χ4v) is 1.40. The van der Waals surface area contributed by atoms with Gasteiger partial charge in [-0.3, -0.25) is 0 Å². The summed E-state index contributed by atoms with van der Waals surface area (Å²) in [6.45, 7) is 0.710. The van der Waals surface area contributed by atoms with Gasteiger partial charge in [-0.15, -0.1) is 0 Å². The average molecular weight is 242 g/mol. The number of hydrogen-bond acceptors (Lipinski definition) is 2. The van der Waals surface area contributed by atoms with Crippen LogP contribution in [0.5, 0.6) is 0 Å². The molecule has 0 aromatic heterocycles. The van der Waals surface area contributed by atoms with Gasteiger partial charge in [-0.2, -0.15) is 0 Å². The molecule has 1 aromatic carbocycles. The Balaban J connectivity index is 2.70. The summed E-state index contributed by atoms with van der Waals surface area (Å²) in [5.41, 5.74) is 1.22. The Bertz CT molecular complexity index is 288. The molecule has 0 fully saturated rings. The molecule has 0 aliphatic rings. The molecular weight excluding hydrogens is 233 g/mol. The minimum atomic E-state index is 0.710. The summed E-state index contributed by atoms with van der Waals surface area (Å²) in [6, 6.07) is 8.39. The van der Waals surface area contributed by atoms with Gasteiger partial charge in [0.25, 0.3) is 0 Å². The molecule has 0 radical (unpaired) electrons. The Morgan fingerprint density at radius 2 is 2.08 bits per heavy atom. The minimum absolute atomic E-state index is 0.710. The predicted octanol–water partition coefficient (Wildman–Crippen LogP) is 1.98. The van der Waals surface area contributed by atoms with Crippen molar-refractivity contribution in [3.8, 4) is 0 Å². The van der Waals surface area contributed by atoms with Crippen molar-refractivity contribution in [1.82, 2.24) is 0 Å². The van der Waals surface area contributed by atoms with Crippen LogP contribution in [0.25, 0.3) is 0 Å². The molecule has 0 saturated heterocycles. The third-order valence-corrected chi connectivity index (χ3v) is 2.50. The zero-order valence-corrected chi connectivity index (χ0v) is 9.31. The molecule has 1 aromatic rings. The van der Waals surface area contributed by atoms with E-state index >= 15 is 0 Å². The number of thioether (sulfide) groups is 1. The van der Waals surface area contributed by atoms with Crippen LogP contribution in [0.2, 0.25) is 0 Å². The number of aliphatic imine (C=N–C) groups is 1. The second-order valence-corrected chi connectivity index (χ2v) is 3.52. The second kappa shape index (κ2) is 5.34. The molecule has 0 aliphatic carbocycles. The molecule has 0 bridgehead atoms. The number of nitrogens with zero attached hydrogens (tertiary/aromatic N) is 1. The van der Waals surface area contributed by atoms with Crippen molar-refractivity contribution in [3.63, 3.8) is 0 Å². The van der Waals surface area contributed by atoms with Gasteiger partial charge in [0.2, 0.25) is 0 Å². The normalized spacial score (nSPS) is 9.08. The van der Waals surface area contributed by atoms with Crippen LogP contribution in [-0.2, 0) is 6.54 Å². The predicted molar refractivity (Wildman–Crippen MR) is 55.1 cm³/mol. The van der Waals surface area contributed by atoms with Gasteiger partial charge >= 0.3 is 84.6 Å². The number of hydrogen-bond donors (Lipinski definition) is 0. The van der Waals surface area contributed by atoms with Crippen molar-refractivity contribution in [3.05, 3.63) is 29.8 Å². The Morgan fingerprint density at radius 1 is 1.42 bits per heavy atom. The number of benzene rings is 1. The zero-order valence-electron chi connectivity index (χ0n) is 6.78. The van der Waals surface area contributed by atoms with Crippen LogP contribution in [0.4, 0.5) is 0 Å². The maximum atomic E-state index is 3.99. The molecule has 3 heteroatoms. The van der Waals surface area contributed by atoms with Crippen molar-refractivity contribution in [1.29, 1.82) is 0 Å². The van der Waals surface area contributed by atoms with E-state index in [4.69, 9.17) is 0 Å². The molecule has 0 heterocycles. The van der Waals surface area contributed by atoms with Gasteiger partial charge < -0.3 is 0 Å². The standard InChI is InChI=1S/C9H9NSSe/c1-11-9-4-2-8(3-5-9)6-10-7-12/h2-5H,6H2,1H3. The van der Waals surface area contributed by atoms with E-state index in [1.807, 2.05) is 0 Å². The first kappa shape index (κ1) is 9.76. The summed E-state index contributed by atoms with van der Waals surface area (Å²) in [6.07, 6.45) is 2.07. The van der Waals surface area contributed by atoms with E-state index in [0.717, 1.165) is 0 Å². The van der Waals surface area contributed by atoms with E-state index in [1.54, 1.807) is 11.8 Å². The van der Waals surface area contributed by atoms with Crippen LogP contribution >= 0.6 is 11.8 Å². The Hall–Kier alpha value is -0.331. The molecule has 0 atom stereocenters. The monoisotopic (exact) mass is 243 g/mol. The molecule has 1 nitrogen and oxygen atoms in total. The molecule has 62 valence electrons. The Kier molecular flexibility index (Phi) is 4.34. The first-order valence-corrected chi connectivity index (χ1v) is 5.61. The Morgan fingerprint density at radius 3 is 2.58 bits per heavy atom. The molecular formula is C9H9NSSe. The van der Waals surface area contributed by atoms with Crippen LogP contribution in [0.3, 0.4) is 0 Å². The Labute approximate surface area is 84.6 Å². The van der Waals surface area contributed by atoms with Gasteiger partial charge in [0.15, 0.2) is 0 Å². The van der Waals surface area contributed by atoms with Gasteiger partial charge in [-0.25, -0.2) is 0 Å². The summed E-state index contributed by atoms with van der Waals surface area (Å²) < 4.78 is 2.64. The summed E-state index contributed by atoms with van der Waals surface area (Å²) in [7, 11) is 0. The van der Waals surface area contributed by atoms with Crippen molar-refractivity contribution < 1.29 is 0 Å². The van der Waals surface area contributed by atoms with Crippen LogP contribution in [0, 0.1) is 0 Å². The van der Waals surface area contributed by atoms with Crippen LogP contribution < -0.4 is 0 Å². The van der Waals surface area contributed by atoms with Gasteiger partial charge in [-0.05, 0) is 0 Å². The van der Waals surface area contributed by atoms with Crippen molar-refractivity contribution in [2.24, 2.45) is 4.99 Å².